The maximum absolute atomic E-state index is 12.4. The molecule has 0 aliphatic carbocycles. The number of morpholine rings is 1. The van der Waals surface area contributed by atoms with Crippen LogP contribution in [-0.4, -0.2) is 41.6 Å². The Morgan fingerprint density at radius 3 is 2.86 bits per heavy atom. The summed E-state index contributed by atoms with van der Waals surface area (Å²) in [7, 11) is 0. The Bertz CT molecular complexity index is 498. The fraction of sp³-hybridized carbons (Fsp3) is 0.600. The average molecular weight is 311 g/mol. The highest BCUT2D eigenvalue weighted by atomic mass is 32.1. The van der Waals surface area contributed by atoms with Crippen LogP contribution < -0.4 is 0 Å². The van der Waals surface area contributed by atoms with Gasteiger partial charge in [-0.2, -0.15) is 11.3 Å². The summed E-state index contributed by atoms with van der Waals surface area (Å²) in [5.41, 5.74) is 0.571. The minimum absolute atomic E-state index is 0.00294. The van der Waals surface area contributed by atoms with Gasteiger partial charge in [0.1, 0.15) is 6.10 Å². The molecule has 1 aromatic heterocycles. The predicted octanol–water partition coefficient (Wildman–Crippen LogP) is 2.54. The van der Waals surface area contributed by atoms with E-state index in [1.165, 1.54) is 0 Å². The van der Waals surface area contributed by atoms with Gasteiger partial charge in [-0.05, 0) is 27.8 Å². The van der Waals surface area contributed by atoms with E-state index in [2.05, 4.69) is 0 Å². The third kappa shape index (κ3) is 4.54. The van der Waals surface area contributed by atoms with E-state index in [0.29, 0.717) is 19.7 Å². The lowest BCUT2D eigenvalue weighted by molar-refractivity contribution is -0.143. The first kappa shape index (κ1) is 16.0. The first-order valence-corrected chi connectivity index (χ1v) is 7.95. The molecule has 0 spiro atoms. The van der Waals surface area contributed by atoms with E-state index >= 15 is 0 Å². The second-order valence-electron chi connectivity index (χ2n) is 6.17. The van der Waals surface area contributed by atoms with Gasteiger partial charge in [0.15, 0.2) is 0 Å². The molecule has 0 bridgehead atoms. The number of ether oxygens (including phenoxy) is 1. The fourth-order valence-electron chi connectivity index (χ4n) is 2.53. The van der Waals surface area contributed by atoms with Crippen LogP contribution in [0.3, 0.4) is 0 Å². The number of carbonyl (C=O) groups excluding carboxylic acids is 1. The van der Waals surface area contributed by atoms with Crippen LogP contribution in [0.15, 0.2) is 16.8 Å². The van der Waals surface area contributed by atoms with Crippen molar-refractivity contribution in [1.82, 2.24) is 4.90 Å². The number of hydrogen-bond acceptors (Lipinski definition) is 4. The third-order valence-corrected chi connectivity index (χ3v) is 4.30. The first-order chi connectivity index (χ1) is 9.87. The minimum Gasteiger partial charge on any atom is -0.481 e. The zero-order valence-corrected chi connectivity index (χ0v) is 13.2. The molecule has 21 heavy (non-hydrogen) atoms. The molecule has 1 aliphatic heterocycles. The molecule has 1 amide bonds. The van der Waals surface area contributed by atoms with Crippen molar-refractivity contribution in [3.8, 4) is 0 Å². The first-order valence-electron chi connectivity index (χ1n) is 7.01. The SMILES string of the molecule is CC(C)(CC(=O)O)CC(=O)N1CCOC(c2ccsc2)C1. The summed E-state index contributed by atoms with van der Waals surface area (Å²) < 4.78 is 5.72. The number of thiophene rings is 1. The van der Waals surface area contributed by atoms with Crippen LogP contribution in [0.5, 0.6) is 0 Å². The number of rotatable bonds is 5. The largest absolute Gasteiger partial charge is 0.481 e. The van der Waals surface area contributed by atoms with Gasteiger partial charge in [-0.15, -0.1) is 0 Å². The molecule has 1 fully saturated rings. The summed E-state index contributed by atoms with van der Waals surface area (Å²) in [6.45, 7) is 5.26. The van der Waals surface area contributed by atoms with E-state index in [-0.39, 0.29) is 24.9 Å². The molecule has 0 radical (unpaired) electrons. The summed E-state index contributed by atoms with van der Waals surface area (Å²) in [4.78, 5) is 25.0. The monoisotopic (exact) mass is 311 g/mol. The second-order valence-corrected chi connectivity index (χ2v) is 6.95. The van der Waals surface area contributed by atoms with Gasteiger partial charge in [0.25, 0.3) is 0 Å². The Morgan fingerprint density at radius 1 is 1.48 bits per heavy atom. The Hall–Kier alpha value is -1.40. The van der Waals surface area contributed by atoms with Gasteiger partial charge in [-0.25, -0.2) is 0 Å². The molecule has 1 N–H and O–H groups in total. The Labute approximate surface area is 128 Å². The zero-order valence-electron chi connectivity index (χ0n) is 12.4. The molecule has 1 atom stereocenters. The summed E-state index contributed by atoms with van der Waals surface area (Å²) in [6, 6.07) is 2.01. The summed E-state index contributed by atoms with van der Waals surface area (Å²) in [5.74, 6) is -0.865. The number of carbonyl (C=O) groups is 2. The van der Waals surface area contributed by atoms with Crippen LogP contribution in [0.1, 0.15) is 38.4 Å². The molecule has 1 aliphatic rings. The fourth-order valence-corrected chi connectivity index (χ4v) is 3.23. The van der Waals surface area contributed by atoms with Crippen LogP contribution in [0.2, 0.25) is 0 Å². The number of carboxylic acid groups (broad SMARTS) is 1. The maximum atomic E-state index is 12.4. The molecule has 0 saturated carbocycles. The lowest BCUT2D eigenvalue weighted by atomic mass is 9.85. The molecule has 1 aromatic rings. The minimum atomic E-state index is -0.870. The molecule has 2 heterocycles. The van der Waals surface area contributed by atoms with Gasteiger partial charge in [-0.3, -0.25) is 9.59 Å². The number of hydrogen-bond donors (Lipinski definition) is 1. The summed E-state index contributed by atoms with van der Waals surface area (Å²) >= 11 is 1.61. The smallest absolute Gasteiger partial charge is 0.303 e. The number of amides is 1. The van der Waals surface area contributed by atoms with Gasteiger partial charge < -0.3 is 14.7 Å². The predicted molar refractivity (Wildman–Crippen MR) is 80.2 cm³/mol. The molecular formula is C15H21NO4S. The van der Waals surface area contributed by atoms with Crippen LogP contribution in [0, 0.1) is 5.41 Å². The van der Waals surface area contributed by atoms with E-state index in [1.807, 2.05) is 30.7 Å². The van der Waals surface area contributed by atoms with E-state index in [0.717, 1.165) is 5.56 Å². The Morgan fingerprint density at radius 2 is 2.24 bits per heavy atom. The van der Waals surface area contributed by atoms with Gasteiger partial charge in [-0.1, -0.05) is 13.8 Å². The van der Waals surface area contributed by atoms with Crippen molar-refractivity contribution >= 4 is 23.2 Å². The Balaban J connectivity index is 1.94. The summed E-state index contributed by atoms with van der Waals surface area (Å²) in [5, 5.41) is 12.9. The van der Waals surface area contributed by atoms with Gasteiger partial charge in [0, 0.05) is 13.0 Å². The van der Waals surface area contributed by atoms with E-state index < -0.39 is 11.4 Å². The Kier molecular flexibility index (Phi) is 5.00. The molecule has 1 saturated heterocycles. The molecule has 0 aromatic carbocycles. The van der Waals surface area contributed by atoms with Crippen molar-refractivity contribution in [2.45, 2.75) is 32.8 Å². The van der Waals surface area contributed by atoms with Crippen molar-refractivity contribution in [3.05, 3.63) is 22.4 Å². The highest BCUT2D eigenvalue weighted by Gasteiger charge is 2.31. The van der Waals surface area contributed by atoms with E-state index in [4.69, 9.17) is 9.84 Å². The lowest BCUT2D eigenvalue weighted by Crippen LogP contribution is -2.43. The second kappa shape index (κ2) is 6.58. The van der Waals surface area contributed by atoms with E-state index in [1.54, 1.807) is 16.2 Å². The van der Waals surface area contributed by atoms with Gasteiger partial charge >= 0.3 is 5.97 Å². The number of nitrogens with zero attached hydrogens (tertiary/aromatic N) is 1. The van der Waals surface area contributed by atoms with Crippen molar-refractivity contribution in [2.24, 2.45) is 5.41 Å². The zero-order chi connectivity index (χ0) is 15.5. The number of aliphatic carboxylic acids is 1. The molecular weight excluding hydrogens is 290 g/mol. The van der Waals surface area contributed by atoms with Crippen LogP contribution in [0.25, 0.3) is 0 Å². The van der Waals surface area contributed by atoms with Gasteiger partial charge in [0.05, 0.1) is 19.6 Å². The number of carboxylic acids is 1. The summed E-state index contributed by atoms with van der Waals surface area (Å²) in [6.07, 6.45) is 0.170. The molecule has 6 heteroatoms. The standard InChI is InChI=1S/C15H21NO4S/c1-15(2,8-14(18)19)7-13(17)16-4-5-20-12(9-16)11-3-6-21-10-11/h3,6,10,12H,4-5,7-9H2,1-2H3,(H,18,19). The van der Waals surface area contributed by atoms with Crippen LogP contribution >= 0.6 is 11.3 Å². The lowest BCUT2D eigenvalue weighted by Gasteiger charge is -2.34. The van der Waals surface area contributed by atoms with Crippen molar-refractivity contribution in [3.63, 3.8) is 0 Å². The van der Waals surface area contributed by atoms with Crippen LogP contribution in [-0.2, 0) is 14.3 Å². The van der Waals surface area contributed by atoms with Gasteiger partial charge in [0.2, 0.25) is 5.91 Å². The average Bonchev–Trinajstić information content (AvgIpc) is 2.90. The highest BCUT2D eigenvalue weighted by molar-refractivity contribution is 7.07. The quantitative estimate of drug-likeness (QED) is 0.907. The normalized spacial score (nSPS) is 19.5. The molecule has 2 rings (SSSR count). The van der Waals surface area contributed by atoms with Crippen molar-refractivity contribution in [2.75, 3.05) is 19.7 Å². The van der Waals surface area contributed by atoms with Crippen LogP contribution in [0.4, 0.5) is 0 Å². The van der Waals surface area contributed by atoms with Crippen molar-refractivity contribution in [1.29, 1.82) is 0 Å². The molecule has 1 unspecified atom stereocenters. The molecule has 5 nitrogen and oxygen atoms in total. The van der Waals surface area contributed by atoms with E-state index in [9.17, 15) is 9.59 Å². The molecule has 116 valence electrons. The third-order valence-electron chi connectivity index (χ3n) is 3.59. The highest BCUT2D eigenvalue weighted by Crippen LogP contribution is 2.29. The maximum Gasteiger partial charge on any atom is 0.303 e. The van der Waals surface area contributed by atoms with Crippen molar-refractivity contribution < 1.29 is 19.4 Å². The topological polar surface area (TPSA) is 66.8 Å².